The molecular weight excluding hydrogens is 200 g/mol. The average Bonchev–Trinajstić information content (AvgIpc) is 3.08. The molecule has 1 aliphatic carbocycles. The zero-order chi connectivity index (χ0) is 12.0. The van der Waals surface area contributed by atoms with E-state index in [0.29, 0.717) is 0 Å². The Morgan fingerprint density at radius 1 is 1.38 bits per heavy atom. The summed E-state index contributed by atoms with van der Waals surface area (Å²) < 4.78 is 0. The van der Waals surface area contributed by atoms with Crippen LogP contribution in [0.25, 0.3) is 0 Å². The lowest BCUT2D eigenvalue weighted by molar-refractivity contribution is 0.116. The van der Waals surface area contributed by atoms with Gasteiger partial charge in [-0.2, -0.15) is 0 Å². The van der Waals surface area contributed by atoms with Crippen LogP contribution in [-0.2, 0) is 0 Å². The van der Waals surface area contributed by atoms with Crippen LogP contribution >= 0.6 is 0 Å². The first kappa shape index (κ1) is 13.9. The maximum Gasteiger partial charge on any atom is 0.0623 e. The van der Waals surface area contributed by atoms with Gasteiger partial charge in [-0.05, 0) is 39.3 Å². The van der Waals surface area contributed by atoms with Crippen molar-refractivity contribution in [2.75, 3.05) is 26.2 Å². The number of nitrogens with one attached hydrogen (secondary N) is 1. The molecule has 0 bridgehead atoms. The van der Waals surface area contributed by atoms with Gasteiger partial charge in [-0.25, -0.2) is 0 Å². The molecule has 1 atom stereocenters. The number of hydrogen-bond acceptors (Lipinski definition) is 3. The van der Waals surface area contributed by atoms with Gasteiger partial charge in [-0.3, -0.25) is 4.90 Å². The quantitative estimate of drug-likeness (QED) is 0.629. The summed E-state index contributed by atoms with van der Waals surface area (Å²) in [7, 11) is 0. The normalized spacial score (nSPS) is 20.1. The van der Waals surface area contributed by atoms with Gasteiger partial charge in [0.1, 0.15) is 0 Å². The van der Waals surface area contributed by atoms with Crippen molar-refractivity contribution in [1.82, 2.24) is 10.2 Å². The van der Waals surface area contributed by atoms with Gasteiger partial charge in [0.15, 0.2) is 0 Å². The van der Waals surface area contributed by atoms with Crippen molar-refractivity contribution in [2.45, 2.75) is 58.0 Å². The lowest BCUT2D eigenvalue weighted by Crippen LogP contribution is -2.54. The zero-order valence-corrected chi connectivity index (χ0v) is 11.1. The molecule has 1 saturated carbocycles. The fraction of sp³-hybridized carbons (Fsp3) is 1.00. The largest absolute Gasteiger partial charge is 0.394 e. The topological polar surface area (TPSA) is 35.5 Å². The third-order valence-electron chi connectivity index (χ3n) is 3.37. The van der Waals surface area contributed by atoms with Crippen LogP contribution in [0.4, 0.5) is 0 Å². The van der Waals surface area contributed by atoms with Crippen molar-refractivity contribution >= 4 is 0 Å². The van der Waals surface area contributed by atoms with Crippen molar-refractivity contribution in [1.29, 1.82) is 0 Å². The maximum atomic E-state index is 9.50. The van der Waals surface area contributed by atoms with Crippen molar-refractivity contribution in [3.05, 3.63) is 0 Å². The molecule has 96 valence electrons. The molecule has 1 rings (SSSR count). The SMILES string of the molecule is CCCCN(CC(C)(CO)NCC)C1CC1. The van der Waals surface area contributed by atoms with E-state index in [2.05, 4.69) is 31.0 Å². The second-order valence-corrected chi connectivity index (χ2v) is 5.30. The first-order valence-corrected chi connectivity index (χ1v) is 6.75. The highest BCUT2D eigenvalue weighted by Gasteiger charge is 2.33. The lowest BCUT2D eigenvalue weighted by Gasteiger charge is -2.35. The van der Waals surface area contributed by atoms with Gasteiger partial charge in [-0.1, -0.05) is 20.3 Å². The van der Waals surface area contributed by atoms with E-state index in [1.165, 1.54) is 32.2 Å². The number of nitrogens with zero attached hydrogens (tertiary/aromatic N) is 1. The summed E-state index contributed by atoms with van der Waals surface area (Å²) in [6.45, 7) is 9.75. The van der Waals surface area contributed by atoms with Crippen LogP contribution in [-0.4, -0.2) is 47.8 Å². The van der Waals surface area contributed by atoms with Crippen LogP contribution in [0.15, 0.2) is 0 Å². The van der Waals surface area contributed by atoms with E-state index in [1.54, 1.807) is 0 Å². The number of hydrogen-bond donors (Lipinski definition) is 2. The van der Waals surface area contributed by atoms with E-state index in [0.717, 1.165) is 19.1 Å². The predicted molar refractivity (Wildman–Crippen MR) is 68.7 cm³/mol. The van der Waals surface area contributed by atoms with E-state index in [-0.39, 0.29) is 12.1 Å². The molecule has 0 aliphatic heterocycles. The highest BCUT2D eigenvalue weighted by atomic mass is 16.3. The second kappa shape index (κ2) is 6.58. The average molecular weight is 228 g/mol. The van der Waals surface area contributed by atoms with E-state index in [1.807, 2.05) is 0 Å². The number of rotatable bonds is 9. The smallest absolute Gasteiger partial charge is 0.0623 e. The summed E-state index contributed by atoms with van der Waals surface area (Å²) in [4.78, 5) is 2.56. The molecule has 0 radical (unpaired) electrons. The van der Waals surface area contributed by atoms with Crippen molar-refractivity contribution in [3.63, 3.8) is 0 Å². The number of aliphatic hydroxyl groups excluding tert-OH is 1. The Morgan fingerprint density at radius 3 is 2.50 bits per heavy atom. The van der Waals surface area contributed by atoms with Gasteiger partial charge in [0.2, 0.25) is 0 Å². The minimum absolute atomic E-state index is 0.134. The third kappa shape index (κ3) is 4.40. The summed E-state index contributed by atoms with van der Waals surface area (Å²) in [5, 5.41) is 12.9. The molecule has 0 aromatic carbocycles. The molecule has 0 heterocycles. The van der Waals surface area contributed by atoms with Crippen LogP contribution in [0.2, 0.25) is 0 Å². The molecule has 3 nitrogen and oxygen atoms in total. The molecule has 1 unspecified atom stereocenters. The van der Waals surface area contributed by atoms with Crippen LogP contribution in [0, 0.1) is 0 Å². The zero-order valence-electron chi connectivity index (χ0n) is 11.1. The van der Waals surface area contributed by atoms with Gasteiger partial charge in [0.05, 0.1) is 12.1 Å². The van der Waals surface area contributed by atoms with Crippen molar-refractivity contribution in [3.8, 4) is 0 Å². The van der Waals surface area contributed by atoms with Crippen LogP contribution in [0.1, 0.15) is 46.5 Å². The Bertz CT molecular complexity index is 194. The fourth-order valence-electron chi connectivity index (χ4n) is 2.23. The second-order valence-electron chi connectivity index (χ2n) is 5.30. The van der Waals surface area contributed by atoms with Gasteiger partial charge in [0, 0.05) is 12.6 Å². The summed E-state index contributed by atoms with van der Waals surface area (Å²) in [6, 6.07) is 0.788. The molecular formula is C13H28N2O. The molecule has 16 heavy (non-hydrogen) atoms. The van der Waals surface area contributed by atoms with Gasteiger partial charge < -0.3 is 10.4 Å². The highest BCUT2D eigenvalue weighted by molar-refractivity contribution is 4.92. The Balaban J connectivity index is 2.44. The molecule has 0 aromatic heterocycles. The van der Waals surface area contributed by atoms with Gasteiger partial charge >= 0.3 is 0 Å². The number of aliphatic hydroxyl groups is 1. The van der Waals surface area contributed by atoms with E-state index in [4.69, 9.17) is 0 Å². The number of likely N-dealkylation sites (N-methyl/N-ethyl adjacent to an activating group) is 1. The standard InChI is InChI=1S/C13H28N2O/c1-4-6-9-15(12-7-8-12)10-13(3,11-16)14-5-2/h12,14,16H,4-11H2,1-3H3. The Hall–Kier alpha value is -0.120. The minimum atomic E-state index is -0.134. The molecule has 3 heteroatoms. The Labute approximate surface area is 100 Å². The van der Waals surface area contributed by atoms with Crippen LogP contribution < -0.4 is 5.32 Å². The first-order chi connectivity index (χ1) is 7.65. The van der Waals surface area contributed by atoms with E-state index < -0.39 is 0 Å². The summed E-state index contributed by atoms with van der Waals surface area (Å²) in [6.07, 6.45) is 5.21. The van der Waals surface area contributed by atoms with E-state index >= 15 is 0 Å². The summed E-state index contributed by atoms with van der Waals surface area (Å²) in [5.74, 6) is 0. The lowest BCUT2D eigenvalue weighted by atomic mass is 10.0. The molecule has 1 aliphatic rings. The first-order valence-electron chi connectivity index (χ1n) is 6.75. The fourth-order valence-corrected chi connectivity index (χ4v) is 2.23. The van der Waals surface area contributed by atoms with E-state index in [9.17, 15) is 5.11 Å². The van der Waals surface area contributed by atoms with Crippen LogP contribution in [0.5, 0.6) is 0 Å². The summed E-state index contributed by atoms with van der Waals surface area (Å²) >= 11 is 0. The van der Waals surface area contributed by atoms with Gasteiger partial charge in [-0.15, -0.1) is 0 Å². The molecule has 0 saturated heterocycles. The monoisotopic (exact) mass is 228 g/mol. The third-order valence-corrected chi connectivity index (χ3v) is 3.37. The van der Waals surface area contributed by atoms with Crippen molar-refractivity contribution in [2.24, 2.45) is 0 Å². The molecule has 0 amide bonds. The molecule has 0 spiro atoms. The van der Waals surface area contributed by atoms with Gasteiger partial charge in [0.25, 0.3) is 0 Å². The maximum absolute atomic E-state index is 9.50. The molecule has 1 fully saturated rings. The Kier molecular flexibility index (Phi) is 5.73. The number of unbranched alkanes of at least 4 members (excludes halogenated alkanes) is 1. The molecule has 0 aromatic rings. The highest BCUT2D eigenvalue weighted by Crippen LogP contribution is 2.28. The minimum Gasteiger partial charge on any atom is -0.394 e. The summed E-state index contributed by atoms with van der Waals surface area (Å²) in [5.41, 5.74) is -0.134. The Morgan fingerprint density at radius 2 is 2.06 bits per heavy atom. The van der Waals surface area contributed by atoms with Crippen molar-refractivity contribution < 1.29 is 5.11 Å². The predicted octanol–water partition coefficient (Wildman–Crippen LogP) is 1.61. The van der Waals surface area contributed by atoms with Crippen LogP contribution in [0.3, 0.4) is 0 Å². The molecule has 2 N–H and O–H groups in total.